The third-order valence-electron chi connectivity index (χ3n) is 2.14. The third kappa shape index (κ3) is 1.79. The third-order valence-corrected chi connectivity index (χ3v) is 2.14. The molecule has 1 aromatic heterocycles. The predicted molar refractivity (Wildman–Crippen MR) is 53.0 cm³/mol. The predicted octanol–water partition coefficient (Wildman–Crippen LogP) is 2.00. The maximum absolute atomic E-state index is 13.7. The van der Waals surface area contributed by atoms with Gasteiger partial charge in [0.15, 0.2) is 0 Å². The van der Waals surface area contributed by atoms with Crippen LogP contribution in [0.1, 0.15) is 5.56 Å². The molecule has 1 aromatic carbocycles. The van der Waals surface area contributed by atoms with Crippen LogP contribution in [0.3, 0.4) is 0 Å². The second kappa shape index (κ2) is 3.65. The lowest BCUT2D eigenvalue weighted by Crippen LogP contribution is -2.02. The molecule has 1 heterocycles. The first-order chi connectivity index (χ1) is 7.18. The Morgan fingerprint density at radius 2 is 2.20 bits per heavy atom. The number of hydrogen-bond donors (Lipinski definition) is 1. The van der Waals surface area contributed by atoms with Gasteiger partial charge in [-0.2, -0.15) is 0 Å². The summed E-state index contributed by atoms with van der Waals surface area (Å²) in [5.74, 6) is -1.54. The van der Waals surface area contributed by atoms with Crippen molar-refractivity contribution < 1.29 is 14.3 Å². The minimum Gasteiger partial charge on any atom is -0.481 e. The zero-order valence-electron chi connectivity index (χ0n) is 7.77. The van der Waals surface area contributed by atoms with Gasteiger partial charge in [-0.3, -0.25) is 9.78 Å². The van der Waals surface area contributed by atoms with E-state index in [1.807, 2.05) is 0 Å². The van der Waals surface area contributed by atoms with Crippen molar-refractivity contribution in [3.8, 4) is 0 Å². The van der Waals surface area contributed by atoms with Gasteiger partial charge in [0.1, 0.15) is 5.82 Å². The number of aromatic nitrogens is 1. The number of carbonyl (C=O) groups is 1. The van der Waals surface area contributed by atoms with Gasteiger partial charge in [-0.15, -0.1) is 0 Å². The molecule has 0 unspecified atom stereocenters. The molecule has 15 heavy (non-hydrogen) atoms. The fourth-order valence-corrected chi connectivity index (χ4v) is 1.46. The quantitative estimate of drug-likeness (QED) is 0.815. The fraction of sp³-hybridized carbons (Fsp3) is 0.0909. The van der Waals surface area contributed by atoms with Crippen LogP contribution >= 0.6 is 0 Å². The van der Waals surface area contributed by atoms with Crippen LogP contribution in [-0.2, 0) is 11.2 Å². The number of fused-ring (bicyclic) bond motifs is 1. The smallest absolute Gasteiger partial charge is 0.307 e. The Morgan fingerprint density at radius 1 is 1.40 bits per heavy atom. The molecule has 3 nitrogen and oxygen atoms in total. The van der Waals surface area contributed by atoms with E-state index in [0.29, 0.717) is 10.9 Å². The van der Waals surface area contributed by atoms with E-state index in [1.165, 1.54) is 6.07 Å². The SMILES string of the molecule is O=C(O)Cc1ccc2ncccc2c1F. The number of carboxylic acid groups (broad SMARTS) is 1. The molecular weight excluding hydrogens is 197 g/mol. The van der Waals surface area contributed by atoms with Crippen molar-refractivity contribution >= 4 is 16.9 Å². The standard InChI is InChI=1S/C11H8FNO2/c12-11-7(6-10(14)15)3-4-9-8(11)2-1-5-13-9/h1-5H,6H2,(H,14,15). The Labute approximate surface area is 85.2 Å². The zero-order chi connectivity index (χ0) is 10.8. The van der Waals surface area contributed by atoms with Crippen LogP contribution in [0.4, 0.5) is 4.39 Å². The van der Waals surface area contributed by atoms with Crippen molar-refractivity contribution in [2.75, 3.05) is 0 Å². The summed E-state index contributed by atoms with van der Waals surface area (Å²) in [6.45, 7) is 0. The van der Waals surface area contributed by atoms with Crippen molar-refractivity contribution in [1.82, 2.24) is 4.98 Å². The normalized spacial score (nSPS) is 10.5. The van der Waals surface area contributed by atoms with E-state index in [0.717, 1.165) is 0 Å². The molecule has 0 aliphatic heterocycles. The Morgan fingerprint density at radius 3 is 2.93 bits per heavy atom. The Kier molecular flexibility index (Phi) is 2.33. The zero-order valence-corrected chi connectivity index (χ0v) is 7.77. The van der Waals surface area contributed by atoms with Crippen LogP contribution in [0.15, 0.2) is 30.5 Å². The number of halogens is 1. The first kappa shape index (κ1) is 9.58. The highest BCUT2D eigenvalue weighted by atomic mass is 19.1. The van der Waals surface area contributed by atoms with Gasteiger partial charge in [-0.1, -0.05) is 6.07 Å². The van der Waals surface area contributed by atoms with E-state index in [2.05, 4.69) is 4.98 Å². The summed E-state index contributed by atoms with van der Waals surface area (Å²) in [7, 11) is 0. The van der Waals surface area contributed by atoms with Crippen LogP contribution in [0.25, 0.3) is 10.9 Å². The van der Waals surface area contributed by atoms with Crippen LogP contribution < -0.4 is 0 Å². The van der Waals surface area contributed by atoms with Crippen molar-refractivity contribution in [2.24, 2.45) is 0 Å². The molecular formula is C11H8FNO2. The number of hydrogen-bond acceptors (Lipinski definition) is 2. The highest BCUT2D eigenvalue weighted by Gasteiger charge is 2.10. The van der Waals surface area contributed by atoms with Gasteiger partial charge in [-0.25, -0.2) is 4.39 Å². The molecule has 0 bridgehead atoms. The fourth-order valence-electron chi connectivity index (χ4n) is 1.46. The van der Waals surface area contributed by atoms with E-state index in [1.54, 1.807) is 24.4 Å². The minimum absolute atomic E-state index is 0.183. The molecule has 4 heteroatoms. The van der Waals surface area contributed by atoms with Gasteiger partial charge in [0, 0.05) is 11.6 Å². The highest BCUT2D eigenvalue weighted by Crippen LogP contribution is 2.19. The summed E-state index contributed by atoms with van der Waals surface area (Å²) in [4.78, 5) is 14.4. The molecule has 0 aliphatic carbocycles. The molecule has 2 rings (SSSR count). The molecule has 0 saturated carbocycles. The molecule has 0 spiro atoms. The van der Waals surface area contributed by atoms with Crippen molar-refractivity contribution in [3.63, 3.8) is 0 Å². The van der Waals surface area contributed by atoms with Gasteiger partial charge < -0.3 is 5.11 Å². The summed E-state index contributed by atoms with van der Waals surface area (Å²) in [5, 5.41) is 8.94. The highest BCUT2D eigenvalue weighted by molar-refractivity contribution is 5.81. The number of pyridine rings is 1. The van der Waals surface area contributed by atoms with E-state index in [4.69, 9.17) is 5.11 Å². The molecule has 0 amide bonds. The van der Waals surface area contributed by atoms with Crippen molar-refractivity contribution in [2.45, 2.75) is 6.42 Å². The first-order valence-corrected chi connectivity index (χ1v) is 4.42. The maximum atomic E-state index is 13.7. The van der Waals surface area contributed by atoms with E-state index in [9.17, 15) is 9.18 Å². The number of benzene rings is 1. The molecule has 0 radical (unpaired) electrons. The van der Waals surface area contributed by atoms with Crippen molar-refractivity contribution in [3.05, 3.63) is 41.8 Å². The summed E-state index contributed by atoms with van der Waals surface area (Å²) in [6, 6.07) is 6.29. The average Bonchev–Trinajstić information content (AvgIpc) is 2.22. The van der Waals surface area contributed by atoms with Crippen LogP contribution in [0.2, 0.25) is 0 Å². The van der Waals surface area contributed by atoms with Gasteiger partial charge in [0.25, 0.3) is 0 Å². The van der Waals surface area contributed by atoms with Crippen molar-refractivity contribution in [1.29, 1.82) is 0 Å². The molecule has 0 aliphatic rings. The van der Waals surface area contributed by atoms with Gasteiger partial charge in [0.2, 0.25) is 0 Å². The van der Waals surface area contributed by atoms with Crippen LogP contribution in [-0.4, -0.2) is 16.1 Å². The van der Waals surface area contributed by atoms with Gasteiger partial charge in [0.05, 0.1) is 11.9 Å². The van der Waals surface area contributed by atoms with Crippen LogP contribution in [0, 0.1) is 5.82 Å². The maximum Gasteiger partial charge on any atom is 0.307 e. The number of aliphatic carboxylic acids is 1. The summed E-state index contributed by atoms with van der Waals surface area (Å²) in [6.07, 6.45) is 1.26. The molecule has 76 valence electrons. The molecule has 0 saturated heterocycles. The van der Waals surface area contributed by atoms with E-state index < -0.39 is 11.8 Å². The van der Waals surface area contributed by atoms with Crippen LogP contribution in [0.5, 0.6) is 0 Å². The molecule has 2 aromatic rings. The number of carboxylic acids is 1. The number of nitrogens with zero attached hydrogens (tertiary/aromatic N) is 1. The van der Waals surface area contributed by atoms with Gasteiger partial charge in [-0.05, 0) is 23.8 Å². The summed E-state index contributed by atoms with van der Waals surface area (Å²) < 4.78 is 13.7. The Bertz CT molecular complexity index is 525. The second-order valence-corrected chi connectivity index (χ2v) is 3.18. The minimum atomic E-state index is -1.04. The summed E-state index contributed by atoms with van der Waals surface area (Å²) in [5.41, 5.74) is 0.715. The van der Waals surface area contributed by atoms with E-state index >= 15 is 0 Å². The largest absolute Gasteiger partial charge is 0.481 e. The van der Waals surface area contributed by atoms with E-state index in [-0.39, 0.29) is 12.0 Å². The lowest BCUT2D eigenvalue weighted by molar-refractivity contribution is -0.136. The topological polar surface area (TPSA) is 50.2 Å². The monoisotopic (exact) mass is 205 g/mol. The second-order valence-electron chi connectivity index (χ2n) is 3.18. The molecule has 0 fully saturated rings. The molecule has 0 atom stereocenters. The Hall–Kier alpha value is -1.97. The lowest BCUT2D eigenvalue weighted by Gasteiger charge is -2.03. The lowest BCUT2D eigenvalue weighted by atomic mass is 10.1. The first-order valence-electron chi connectivity index (χ1n) is 4.42. The summed E-state index contributed by atoms with van der Waals surface area (Å²) >= 11 is 0. The number of rotatable bonds is 2. The average molecular weight is 205 g/mol. The molecule has 1 N–H and O–H groups in total. The Balaban J connectivity index is 2.59. The van der Waals surface area contributed by atoms with Gasteiger partial charge >= 0.3 is 5.97 Å².